The number of H-pyrrole nitrogens is 1. The highest BCUT2D eigenvalue weighted by Crippen LogP contribution is 2.27. The molecule has 1 aromatic carbocycles. The number of aromatic nitrogens is 3. The Bertz CT molecular complexity index is 813. The molecule has 5 nitrogen and oxygen atoms in total. The first-order valence-electron chi connectivity index (χ1n) is 7.96. The number of nitrogens with one attached hydrogen (secondary N) is 1. The maximum atomic E-state index is 5.70. The van der Waals surface area contributed by atoms with E-state index in [0.717, 1.165) is 30.9 Å². The zero-order valence-electron chi connectivity index (χ0n) is 13.2. The molecule has 1 fully saturated rings. The van der Waals surface area contributed by atoms with Gasteiger partial charge in [-0.2, -0.15) is 5.10 Å². The third-order valence-electron chi connectivity index (χ3n) is 4.49. The van der Waals surface area contributed by atoms with Crippen LogP contribution in [0.5, 0.6) is 0 Å². The van der Waals surface area contributed by atoms with E-state index in [1.807, 2.05) is 18.5 Å². The molecule has 0 amide bonds. The Hall–Kier alpha value is -2.24. The van der Waals surface area contributed by atoms with Gasteiger partial charge in [-0.1, -0.05) is 12.1 Å². The van der Waals surface area contributed by atoms with Crippen LogP contribution in [0.2, 0.25) is 0 Å². The van der Waals surface area contributed by atoms with Crippen molar-refractivity contribution in [2.24, 2.45) is 0 Å². The molecule has 1 N–H and O–H groups in total. The van der Waals surface area contributed by atoms with E-state index < -0.39 is 0 Å². The summed E-state index contributed by atoms with van der Waals surface area (Å²) in [6.45, 7) is 5.40. The van der Waals surface area contributed by atoms with Crippen molar-refractivity contribution in [1.29, 1.82) is 0 Å². The summed E-state index contributed by atoms with van der Waals surface area (Å²) in [6, 6.07) is 10.8. The Balaban J connectivity index is 1.61. The number of pyridine rings is 1. The van der Waals surface area contributed by atoms with E-state index in [2.05, 4.69) is 51.3 Å². The lowest BCUT2D eigenvalue weighted by Crippen LogP contribution is -2.39. The number of rotatable bonds is 3. The molecule has 0 bridgehead atoms. The lowest BCUT2D eigenvalue weighted by molar-refractivity contribution is -0.0144. The van der Waals surface area contributed by atoms with E-state index >= 15 is 0 Å². The van der Waals surface area contributed by atoms with Gasteiger partial charge < -0.3 is 4.74 Å². The van der Waals surface area contributed by atoms with Crippen LogP contribution in [0, 0.1) is 6.92 Å². The number of morpholine rings is 1. The van der Waals surface area contributed by atoms with Gasteiger partial charge >= 0.3 is 0 Å². The van der Waals surface area contributed by atoms with Crippen LogP contribution in [-0.2, 0) is 11.3 Å². The Morgan fingerprint density at radius 1 is 1.35 bits per heavy atom. The first-order valence-corrected chi connectivity index (χ1v) is 7.96. The molecular weight excluding hydrogens is 288 g/mol. The lowest BCUT2D eigenvalue weighted by atomic mass is 10.1. The fourth-order valence-corrected chi connectivity index (χ4v) is 3.24. The van der Waals surface area contributed by atoms with Crippen molar-refractivity contribution in [3.63, 3.8) is 0 Å². The van der Waals surface area contributed by atoms with Gasteiger partial charge in [-0.3, -0.25) is 15.0 Å². The summed E-state index contributed by atoms with van der Waals surface area (Å²) in [5.41, 5.74) is 4.69. The maximum Gasteiger partial charge on any atom is 0.0758 e. The smallest absolute Gasteiger partial charge is 0.0758 e. The largest absolute Gasteiger partial charge is 0.378 e. The molecule has 5 heteroatoms. The molecule has 1 saturated heterocycles. The number of fused-ring (bicyclic) bond motifs is 1. The molecule has 1 atom stereocenters. The van der Waals surface area contributed by atoms with Gasteiger partial charge in [0.25, 0.3) is 0 Å². The number of benzene rings is 1. The SMILES string of the molecule is Cc1cn[nH]c1[C@@H]1COCCN1Cc1ccc2ncccc2c1. The zero-order chi connectivity index (χ0) is 15.6. The molecule has 0 unspecified atom stereocenters. The molecule has 4 rings (SSSR count). The van der Waals surface area contributed by atoms with Crippen LogP contribution >= 0.6 is 0 Å². The topological polar surface area (TPSA) is 54.0 Å². The molecule has 0 spiro atoms. The van der Waals surface area contributed by atoms with Crippen LogP contribution in [-0.4, -0.2) is 39.8 Å². The lowest BCUT2D eigenvalue weighted by Gasteiger charge is -2.35. The minimum atomic E-state index is 0.232. The summed E-state index contributed by atoms with van der Waals surface area (Å²) < 4.78 is 5.70. The monoisotopic (exact) mass is 308 g/mol. The minimum absolute atomic E-state index is 0.232. The molecule has 3 heterocycles. The molecule has 2 aromatic heterocycles. The van der Waals surface area contributed by atoms with Crippen LogP contribution < -0.4 is 0 Å². The van der Waals surface area contributed by atoms with E-state index in [1.165, 1.54) is 16.5 Å². The van der Waals surface area contributed by atoms with Crippen molar-refractivity contribution in [2.45, 2.75) is 19.5 Å². The van der Waals surface area contributed by atoms with Gasteiger partial charge in [0.2, 0.25) is 0 Å². The van der Waals surface area contributed by atoms with Gasteiger partial charge in [0.05, 0.1) is 36.7 Å². The second-order valence-electron chi connectivity index (χ2n) is 6.06. The van der Waals surface area contributed by atoms with Crippen molar-refractivity contribution in [2.75, 3.05) is 19.8 Å². The van der Waals surface area contributed by atoms with Crippen LogP contribution in [0.15, 0.2) is 42.7 Å². The minimum Gasteiger partial charge on any atom is -0.378 e. The molecule has 0 saturated carbocycles. The second kappa shape index (κ2) is 6.10. The van der Waals surface area contributed by atoms with Crippen LogP contribution in [0.4, 0.5) is 0 Å². The average Bonchev–Trinajstić information content (AvgIpc) is 3.01. The van der Waals surface area contributed by atoms with E-state index in [0.29, 0.717) is 6.61 Å². The van der Waals surface area contributed by atoms with Crippen LogP contribution in [0.25, 0.3) is 10.9 Å². The summed E-state index contributed by atoms with van der Waals surface area (Å²) >= 11 is 0. The number of nitrogens with zero attached hydrogens (tertiary/aromatic N) is 3. The van der Waals surface area contributed by atoms with Gasteiger partial charge in [-0.05, 0) is 36.2 Å². The Morgan fingerprint density at radius 2 is 2.30 bits per heavy atom. The maximum absolute atomic E-state index is 5.70. The predicted octanol–water partition coefficient (Wildman–Crippen LogP) is 2.84. The zero-order valence-corrected chi connectivity index (χ0v) is 13.2. The van der Waals surface area contributed by atoms with E-state index in [-0.39, 0.29) is 6.04 Å². The van der Waals surface area contributed by atoms with E-state index in [1.54, 1.807) is 0 Å². The van der Waals surface area contributed by atoms with Crippen LogP contribution in [0.1, 0.15) is 22.9 Å². The molecule has 23 heavy (non-hydrogen) atoms. The van der Waals surface area contributed by atoms with Crippen molar-refractivity contribution in [1.82, 2.24) is 20.1 Å². The number of aryl methyl sites for hydroxylation is 1. The average molecular weight is 308 g/mol. The van der Waals surface area contributed by atoms with E-state index in [9.17, 15) is 0 Å². The summed E-state index contributed by atoms with van der Waals surface area (Å²) in [6.07, 6.45) is 3.71. The highest BCUT2D eigenvalue weighted by Gasteiger charge is 2.27. The molecule has 0 aliphatic carbocycles. The highest BCUT2D eigenvalue weighted by atomic mass is 16.5. The molecule has 3 aromatic rings. The quantitative estimate of drug-likeness (QED) is 0.808. The highest BCUT2D eigenvalue weighted by molar-refractivity contribution is 5.78. The Kier molecular flexibility index (Phi) is 3.81. The molecule has 1 aliphatic rings. The fourth-order valence-electron chi connectivity index (χ4n) is 3.24. The number of hydrogen-bond acceptors (Lipinski definition) is 4. The van der Waals surface area contributed by atoms with Crippen molar-refractivity contribution >= 4 is 10.9 Å². The number of ether oxygens (including phenoxy) is 1. The molecular formula is C18H20N4O. The summed E-state index contributed by atoms with van der Waals surface area (Å²) in [5.74, 6) is 0. The van der Waals surface area contributed by atoms with E-state index in [4.69, 9.17) is 4.74 Å². The van der Waals surface area contributed by atoms with Gasteiger partial charge in [0.15, 0.2) is 0 Å². The van der Waals surface area contributed by atoms with Gasteiger partial charge in [-0.25, -0.2) is 0 Å². The first kappa shape index (κ1) is 14.4. The van der Waals surface area contributed by atoms with Crippen molar-refractivity contribution < 1.29 is 4.74 Å². The predicted molar refractivity (Wildman–Crippen MR) is 89.0 cm³/mol. The van der Waals surface area contributed by atoms with Crippen LogP contribution in [0.3, 0.4) is 0 Å². The van der Waals surface area contributed by atoms with Gasteiger partial charge in [-0.15, -0.1) is 0 Å². The standard InChI is InChI=1S/C18H20N4O/c1-13-10-20-21-18(13)17-12-23-8-7-22(17)11-14-4-5-16-15(9-14)3-2-6-19-16/h2-6,9-10,17H,7-8,11-12H2,1H3,(H,20,21)/t17-/m0/s1. The summed E-state index contributed by atoms with van der Waals surface area (Å²) in [4.78, 5) is 6.85. The molecule has 118 valence electrons. The van der Waals surface area contributed by atoms with Crippen molar-refractivity contribution in [3.8, 4) is 0 Å². The Labute approximate surface area is 135 Å². The van der Waals surface area contributed by atoms with Crippen molar-refractivity contribution in [3.05, 3.63) is 59.5 Å². The number of aromatic amines is 1. The third-order valence-corrected chi connectivity index (χ3v) is 4.49. The molecule has 0 radical (unpaired) electrons. The number of hydrogen-bond donors (Lipinski definition) is 1. The Morgan fingerprint density at radius 3 is 3.17 bits per heavy atom. The summed E-state index contributed by atoms with van der Waals surface area (Å²) in [7, 11) is 0. The van der Waals surface area contributed by atoms with Gasteiger partial charge in [0, 0.05) is 24.7 Å². The van der Waals surface area contributed by atoms with Gasteiger partial charge in [0.1, 0.15) is 0 Å². The third kappa shape index (κ3) is 2.85. The second-order valence-corrected chi connectivity index (χ2v) is 6.06. The first-order chi connectivity index (χ1) is 11.3. The molecule has 1 aliphatic heterocycles. The summed E-state index contributed by atoms with van der Waals surface area (Å²) in [5, 5.41) is 8.49. The fraction of sp³-hybridized carbons (Fsp3) is 0.333. The normalized spacial score (nSPS) is 19.3.